The predicted molar refractivity (Wildman–Crippen MR) is 55.8 cm³/mol. The van der Waals surface area contributed by atoms with E-state index in [9.17, 15) is 4.79 Å². The lowest BCUT2D eigenvalue weighted by Crippen LogP contribution is -2.47. The zero-order valence-electron chi connectivity index (χ0n) is 9.05. The van der Waals surface area contributed by atoms with Gasteiger partial charge in [0.1, 0.15) is 5.78 Å². The predicted octanol–water partition coefficient (Wildman–Crippen LogP) is 2.96. The van der Waals surface area contributed by atoms with E-state index in [0.717, 1.165) is 11.8 Å². The van der Waals surface area contributed by atoms with E-state index in [1.54, 1.807) is 0 Å². The number of hydrogen-bond acceptors (Lipinski definition) is 1. The second-order valence-corrected chi connectivity index (χ2v) is 5.61. The minimum atomic E-state index is 0.344. The Kier molecular flexibility index (Phi) is 1.68. The molecule has 4 aliphatic carbocycles. The van der Waals surface area contributed by atoms with Gasteiger partial charge in [-0.05, 0) is 51.4 Å². The molecule has 14 heavy (non-hydrogen) atoms. The van der Waals surface area contributed by atoms with Gasteiger partial charge < -0.3 is 0 Å². The van der Waals surface area contributed by atoms with Crippen molar-refractivity contribution < 1.29 is 4.79 Å². The highest BCUT2D eigenvalue weighted by Gasteiger charge is 2.50. The Labute approximate surface area is 85.6 Å². The van der Waals surface area contributed by atoms with Gasteiger partial charge in [-0.2, -0.15) is 0 Å². The van der Waals surface area contributed by atoms with E-state index in [1.165, 1.54) is 36.8 Å². The molecule has 0 unspecified atom stereocenters. The standard InChI is InChI=1S/C13H18O/c1-7(2)12-9-3-8-4-10(6-9)13(14)11(12)5-8/h8-11H,3-6H2,1-2H3/t8-,9+,10-,11+/m0/s1. The third kappa shape index (κ3) is 0.986. The summed E-state index contributed by atoms with van der Waals surface area (Å²) in [5.74, 6) is 3.02. The number of allylic oxidation sites excluding steroid dienone is 2. The Morgan fingerprint density at radius 2 is 1.79 bits per heavy atom. The van der Waals surface area contributed by atoms with Crippen molar-refractivity contribution in [2.75, 3.05) is 0 Å². The molecule has 4 atom stereocenters. The highest BCUT2D eigenvalue weighted by molar-refractivity contribution is 5.88. The molecular weight excluding hydrogens is 172 g/mol. The van der Waals surface area contributed by atoms with Crippen LogP contribution in [0.4, 0.5) is 0 Å². The molecule has 1 nitrogen and oxygen atoms in total. The fourth-order valence-corrected chi connectivity index (χ4v) is 4.17. The number of carbonyl (C=O) groups excluding carboxylic acids is 1. The van der Waals surface area contributed by atoms with Crippen molar-refractivity contribution in [2.45, 2.75) is 39.5 Å². The first-order valence-corrected chi connectivity index (χ1v) is 5.87. The first kappa shape index (κ1) is 8.70. The van der Waals surface area contributed by atoms with Gasteiger partial charge in [0.05, 0.1) is 0 Å². The molecule has 0 spiro atoms. The molecule has 4 aliphatic rings. The van der Waals surface area contributed by atoms with Crippen molar-refractivity contribution in [3.05, 3.63) is 11.1 Å². The van der Waals surface area contributed by atoms with Gasteiger partial charge in [-0.1, -0.05) is 11.1 Å². The topological polar surface area (TPSA) is 17.1 Å². The van der Waals surface area contributed by atoms with Gasteiger partial charge >= 0.3 is 0 Å². The lowest BCUT2D eigenvalue weighted by atomic mass is 9.53. The van der Waals surface area contributed by atoms with Gasteiger partial charge in [0.2, 0.25) is 0 Å². The van der Waals surface area contributed by atoms with Crippen LogP contribution >= 0.6 is 0 Å². The largest absolute Gasteiger partial charge is 0.299 e. The number of rotatable bonds is 0. The second-order valence-electron chi connectivity index (χ2n) is 5.61. The van der Waals surface area contributed by atoms with E-state index in [0.29, 0.717) is 17.6 Å². The maximum Gasteiger partial charge on any atom is 0.143 e. The van der Waals surface area contributed by atoms with E-state index in [-0.39, 0.29) is 0 Å². The monoisotopic (exact) mass is 190 g/mol. The lowest BCUT2D eigenvalue weighted by Gasteiger charge is -2.50. The van der Waals surface area contributed by atoms with Gasteiger partial charge in [0, 0.05) is 11.8 Å². The van der Waals surface area contributed by atoms with Crippen LogP contribution in [0.5, 0.6) is 0 Å². The lowest BCUT2D eigenvalue weighted by molar-refractivity contribution is -0.135. The SMILES string of the molecule is CC(C)=C1[C@@H]2C[C@H]3C[C@@H](C2)C(=O)[C@@H]1C3. The van der Waals surface area contributed by atoms with Crippen LogP contribution in [0.15, 0.2) is 11.1 Å². The first-order valence-electron chi connectivity index (χ1n) is 5.87. The maximum absolute atomic E-state index is 12.1. The summed E-state index contributed by atoms with van der Waals surface area (Å²) in [6.07, 6.45) is 4.93. The molecule has 0 heterocycles. The maximum atomic E-state index is 12.1. The van der Waals surface area contributed by atoms with Gasteiger partial charge in [-0.25, -0.2) is 0 Å². The van der Waals surface area contributed by atoms with Gasteiger partial charge in [-0.3, -0.25) is 4.79 Å². The Balaban J connectivity index is 2.06. The van der Waals surface area contributed by atoms with E-state index in [2.05, 4.69) is 13.8 Å². The van der Waals surface area contributed by atoms with Gasteiger partial charge in [-0.15, -0.1) is 0 Å². The molecule has 4 bridgehead atoms. The molecule has 4 rings (SSSR count). The third-order valence-electron chi connectivity index (χ3n) is 4.51. The molecule has 0 N–H and O–H groups in total. The van der Waals surface area contributed by atoms with Crippen molar-refractivity contribution in [2.24, 2.45) is 23.7 Å². The Hall–Kier alpha value is -0.590. The Morgan fingerprint density at radius 1 is 1.07 bits per heavy atom. The molecule has 4 fully saturated rings. The molecule has 0 aromatic heterocycles. The quantitative estimate of drug-likeness (QED) is 0.537. The van der Waals surface area contributed by atoms with E-state index in [4.69, 9.17) is 0 Å². The Morgan fingerprint density at radius 3 is 2.50 bits per heavy atom. The first-order chi connectivity index (χ1) is 6.66. The van der Waals surface area contributed by atoms with Crippen LogP contribution in [0.2, 0.25) is 0 Å². The molecule has 0 aromatic rings. The summed E-state index contributed by atoms with van der Waals surface area (Å²) in [5, 5.41) is 0. The van der Waals surface area contributed by atoms with Crippen molar-refractivity contribution in [3.63, 3.8) is 0 Å². The zero-order valence-corrected chi connectivity index (χ0v) is 9.05. The van der Waals surface area contributed by atoms with Crippen LogP contribution in [0.1, 0.15) is 39.5 Å². The molecule has 0 aliphatic heterocycles. The average molecular weight is 190 g/mol. The molecule has 1 heteroatoms. The average Bonchev–Trinajstić information content (AvgIpc) is 2.12. The van der Waals surface area contributed by atoms with E-state index < -0.39 is 0 Å². The van der Waals surface area contributed by atoms with Crippen LogP contribution in [0, 0.1) is 23.7 Å². The summed E-state index contributed by atoms with van der Waals surface area (Å²) in [7, 11) is 0. The van der Waals surface area contributed by atoms with Crippen LogP contribution in [-0.4, -0.2) is 5.78 Å². The van der Waals surface area contributed by atoms with Crippen LogP contribution in [-0.2, 0) is 4.79 Å². The van der Waals surface area contributed by atoms with Gasteiger partial charge in [0.15, 0.2) is 0 Å². The van der Waals surface area contributed by atoms with Crippen LogP contribution in [0.25, 0.3) is 0 Å². The van der Waals surface area contributed by atoms with Gasteiger partial charge in [0.25, 0.3) is 0 Å². The molecule has 76 valence electrons. The number of Topliss-reactive ketones (excluding diaryl/α,β-unsaturated/α-hetero) is 1. The minimum Gasteiger partial charge on any atom is -0.299 e. The van der Waals surface area contributed by atoms with Crippen molar-refractivity contribution in [3.8, 4) is 0 Å². The molecule has 4 saturated carbocycles. The fraction of sp³-hybridized carbons (Fsp3) is 0.769. The summed E-state index contributed by atoms with van der Waals surface area (Å²) in [5.41, 5.74) is 2.95. The number of hydrogen-bond donors (Lipinski definition) is 0. The highest BCUT2D eigenvalue weighted by Crippen LogP contribution is 2.55. The summed E-state index contributed by atoms with van der Waals surface area (Å²) >= 11 is 0. The minimum absolute atomic E-state index is 0.344. The summed E-state index contributed by atoms with van der Waals surface area (Å²) in [6.45, 7) is 4.37. The third-order valence-corrected chi connectivity index (χ3v) is 4.51. The smallest absolute Gasteiger partial charge is 0.143 e. The molecule has 0 aromatic carbocycles. The second kappa shape index (κ2) is 2.71. The Bertz CT molecular complexity index is 322. The van der Waals surface area contributed by atoms with Crippen molar-refractivity contribution in [1.82, 2.24) is 0 Å². The summed E-state index contributed by atoms with van der Waals surface area (Å²) in [4.78, 5) is 12.1. The summed E-state index contributed by atoms with van der Waals surface area (Å²) in [6, 6.07) is 0. The van der Waals surface area contributed by atoms with Crippen molar-refractivity contribution in [1.29, 1.82) is 0 Å². The number of ketones is 1. The molecule has 0 amide bonds. The van der Waals surface area contributed by atoms with E-state index >= 15 is 0 Å². The van der Waals surface area contributed by atoms with Crippen LogP contribution in [0.3, 0.4) is 0 Å². The highest BCUT2D eigenvalue weighted by atomic mass is 16.1. The molecule has 0 saturated heterocycles. The molecule has 0 radical (unpaired) electrons. The van der Waals surface area contributed by atoms with Crippen LogP contribution < -0.4 is 0 Å². The molecular formula is C13H18O. The normalized spacial score (nSPS) is 44.7. The zero-order chi connectivity index (χ0) is 9.87. The fourth-order valence-electron chi connectivity index (χ4n) is 4.17. The van der Waals surface area contributed by atoms with E-state index in [1.807, 2.05) is 0 Å². The van der Waals surface area contributed by atoms with Crippen molar-refractivity contribution >= 4 is 5.78 Å². The number of carbonyl (C=O) groups is 1. The summed E-state index contributed by atoms with van der Waals surface area (Å²) < 4.78 is 0.